The summed E-state index contributed by atoms with van der Waals surface area (Å²) < 4.78 is 0. The minimum absolute atomic E-state index is 0. The molecule has 0 saturated carbocycles. The number of nitrogens with zero attached hydrogens (tertiary/aromatic N) is 3. The van der Waals surface area contributed by atoms with Crippen molar-refractivity contribution in [3.05, 3.63) is 34.9 Å². The molecule has 0 unspecified atom stereocenters. The van der Waals surface area contributed by atoms with Crippen molar-refractivity contribution in [2.75, 3.05) is 39.8 Å². The van der Waals surface area contributed by atoms with Gasteiger partial charge in [0.2, 0.25) is 0 Å². The number of benzene rings is 1. The quantitative estimate of drug-likeness (QED) is 0.262. The second-order valence-corrected chi connectivity index (χ2v) is 6.85. The predicted octanol–water partition coefficient (Wildman–Crippen LogP) is 4.23. The Kier molecular flexibility index (Phi) is 11.5. The van der Waals surface area contributed by atoms with E-state index in [-0.39, 0.29) is 24.0 Å². The Morgan fingerprint density at radius 2 is 1.96 bits per heavy atom. The Labute approximate surface area is 175 Å². The number of rotatable bonds is 8. The summed E-state index contributed by atoms with van der Waals surface area (Å²) in [5.41, 5.74) is 1.13. The van der Waals surface area contributed by atoms with E-state index in [0.29, 0.717) is 0 Å². The van der Waals surface area contributed by atoms with Crippen molar-refractivity contribution in [3.63, 3.8) is 0 Å². The summed E-state index contributed by atoms with van der Waals surface area (Å²) in [5.74, 6) is 0.957. The molecule has 142 valence electrons. The lowest BCUT2D eigenvalue weighted by atomic mass is 10.2. The highest BCUT2D eigenvalue weighted by Gasteiger charge is 2.11. The van der Waals surface area contributed by atoms with Crippen LogP contribution in [0.5, 0.6) is 0 Å². The van der Waals surface area contributed by atoms with Crippen LogP contribution < -0.4 is 5.32 Å². The van der Waals surface area contributed by atoms with Crippen LogP contribution in [0.25, 0.3) is 0 Å². The molecule has 1 aliphatic heterocycles. The second kappa shape index (κ2) is 12.8. The van der Waals surface area contributed by atoms with Crippen molar-refractivity contribution in [1.29, 1.82) is 0 Å². The van der Waals surface area contributed by atoms with E-state index in [0.717, 1.165) is 42.6 Å². The average Bonchev–Trinajstić information content (AvgIpc) is 3.09. The maximum atomic E-state index is 6.27. The lowest BCUT2D eigenvalue weighted by molar-refractivity contribution is 0.331. The summed E-state index contributed by atoms with van der Waals surface area (Å²) in [6.45, 7) is 8.41. The topological polar surface area (TPSA) is 30.9 Å². The zero-order valence-electron chi connectivity index (χ0n) is 15.5. The zero-order chi connectivity index (χ0) is 17.2. The molecule has 0 bridgehead atoms. The Morgan fingerprint density at radius 1 is 1.24 bits per heavy atom. The molecule has 25 heavy (non-hydrogen) atoms. The summed E-state index contributed by atoms with van der Waals surface area (Å²) in [6, 6.07) is 7.99. The fourth-order valence-corrected chi connectivity index (χ4v) is 3.26. The molecule has 1 N–H and O–H groups in total. The molecule has 1 saturated heterocycles. The number of guanidine groups is 1. The first-order valence-corrected chi connectivity index (χ1v) is 9.53. The highest BCUT2D eigenvalue weighted by Crippen LogP contribution is 2.16. The third-order valence-electron chi connectivity index (χ3n) is 4.40. The van der Waals surface area contributed by atoms with Gasteiger partial charge in [-0.2, -0.15) is 0 Å². The van der Waals surface area contributed by atoms with Gasteiger partial charge in [0.05, 0.1) is 0 Å². The largest absolute Gasteiger partial charge is 0.357 e. The molecular weight excluding hydrogens is 447 g/mol. The van der Waals surface area contributed by atoms with Gasteiger partial charge in [-0.1, -0.05) is 29.8 Å². The van der Waals surface area contributed by atoms with Gasteiger partial charge in [-0.15, -0.1) is 24.0 Å². The summed E-state index contributed by atoms with van der Waals surface area (Å²) in [6.07, 6.45) is 5.12. The van der Waals surface area contributed by atoms with Crippen LogP contribution in [-0.2, 0) is 6.54 Å². The van der Waals surface area contributed by atoms with Crippen molar-refractivity contribution in [3.8, 4) is 0 Å². The number of hydrogen-bond donors (Lipinski definition) is 1. The van der Waals surface area contributed by atoms with E-state index in [1.165, 1.54) is 38.9 Å². The SMILES string of the molecule is CCNC(=NCCCCN1CCCC1)N(C)Cc1ccccc1Cl.I. The van der Waals surface area contributed by atoms with Crippen molar-refractivity contribution >= 4 is 41.5 Å². The molecular formula is C19H32ClIN4. The first kappa shape index (κ1) is 22.5. The van der Waals surface area contributed by atoms with Crippen LogP contribution in [0.15, 0.2) is 29.3 Å². The van der Waals surface area contributed by atoms with Gasteiger partial charge in [-0.25, -0.2) is 0 Å². The molecule has 0 amide bonds. The highest BCUT2D eigenvalue weighted by molar-refractivity contribution is 14.0. The number of halogens is 2. The van der Waals surface area contributed by atoms with Gasteiger partial charge in [0.1, 0.15) is 0 Å². The molecule has 0 atom stereocenters. The fourth-order valence-electron chi connectivity index (χ4n) is 3.07. The van der Waals surface area contributed by atoms with E-state index in [9.17, 15) is 0 Å². The van der Waals surface area contributed by atoms with Gasteiger partial charge >= 0.3 is 0 Å². The summed E-state index contributed by atoms with van der Waals surface area (Å²) in [7, 11) is 2.06. The predicted molar refractivity (Wildman–Crippen MR) is 119 cm³/mol. The average molecular weight is 479 g/mol. The van der Waals surface area contributed by atoms with Crippen LogP contribution in [-0.4, -0.2) is 55.5 Å². The minimum atomic E-state index is 0. The van der Waals surface area contributed by atoms with Crippen LogP contribution in [0.2, 0.25) is 5.02 Å². The van der Waals surface area contributed by atoms with E-state index >= 15 is 0 Å². The maximum absolute atomic E-state index is 6.27. The Hall–Kier alpha value is -0.530. The van der Waals surface area contributed by atoms with Crippen molar-refractivity contribution in [1.82, 2.24) is 15.1 Å². The molecule has 0 aliphatic carbocycles. The number of hydrogen-bond acceptors (Lipinski definition) is 2. The lowest BCUT2D eigenvalue weighted by Gasteiger charge is -2.22. The van der Waals surface area contributed by atoms with Gasteiger partial charge in [0, 0.05) is 31.7 Å². The van der Waals surface area contributed by atoms with E-state index in [1.807, 2.05) is 18.2 Å². The van der Waals surface area contributed by atoms with Gasteiger partial charge in [0.25, 0.3) is 0 Å². The van der Waals surface area contributed by atoms with E-state index in [2.05, 4.69) is 35.2 Å². The molecule has 0 aromatic heterocycles. The van der Waals surface area contributed by atoms with E-state index < -0.39 is 0 Å². The molecule has 4 nitrogen and oxygen atoms in total. The van der Waals surface area contributed by atoms with E-state index in [4.69, 9.17) is 16.6 Å². The lowest BCUT2D eigenvalue weighted by Crippen LogP contribution is -2.38. The molecule has 1 aromatic carbocycles. The molecule has 0 radical (unpaired) electrons. The molecule has 2 rings (SSSR count). The van der Waals surface area contributed by atoms with Gasteiger partial charge < -0.3 is 15.1 Å². The van der Waals surface area contributed by atoms with Crippen molar-refractivity contribution in [2.24, 2.45) is 4.99 Å². The van der Waals surface area contributed by atoms with Crippen LogP contribution in [0.3, 0.4) is 0 Å². The molecule has 1 fully saturated rings. The smallest absolute Gasteiger partial charge is 0.193 e. The van der Waals surface area contributed by atoms with Gasteiger partial charge in [0.15, 0.2) is 5.96 Å². The summed E-state index contributed by atoms with van der Waals surface area (Å²) >= 11 is 6.27. The standard InChI is InChI=1S/C19H31ClN4.HI/c1-3-21-19(22-12-6-7-13-24-14-8-9-15-24)23(2)16-17-10-4-5-11-18(17)20;/h4-5,10-11H,3,6-9,12-16H2,1-2H3,(H,21,22);1H. The Morgan fingerprint density at radius 3 is 2.64 bits per heavy atom. The first-order chi connectivity index (χ1) is 11.7. The molecule has 1 aliphatic rings. The second-order valence-electron chi connectivity index (χ2n) is 6.44. The van der Waals surface area contributed by atoms with Gasteiger partial charge in [-0.3, -0.25) is 4.99 Å². The minimum Gasteiger partial charge on any atom is -0.357 e. The van der Waals surface area contributed by atoms with E-state index in [1.54, 1.807) is 0 Å². The van der Waals surface area contributed by atoms with Crippen LogP contribution in [0.4, 0.5) is 0 Å². The number of aliphatic imine (C=N–C) groups is 1. The molecule has 1 aromatic rings. The number of nitrogens with one attached hydrogen (secondary N) is 1. The van der Waals surface area contributed by atoms with Crippen molar-refractivity contribution < 1.29 is 0 Å². The Balaban J connectivity index is 0.00000312. The molecule has 0 spiro atoms. The van der Waals surface area contributed by atoms with Crippen LogP contribution in [0, 0.1) is 0 Å². The Bertz CT molecular complexity index is 518. The third kappa shape index (κ3) is 8.13. The maximum Gasteiger partial charge on any atom is 0.193 e. The highest BCUT2D eigenvalue weighted by atomic mass is 127. The summed E-state index contributed by atoms with van der Waals surface area (Å²) in [4.78, 5) is 9.49. The van der Waals surface area contributed by atoms with Gasteiger partial charge in [-0.05, 0) is 63.9 Å². The van der Waals surface area contributed by atoms with Crippen molar-refractivity contribution in [2.45, 2.75) is 39.2 Å². The number of likely N-dealkylation sites (tertiary alicyclic amines) is 1. The van der Waals surface area contributed by atoms with Crippen LogP contribution >= 0.6 is 35.6 Å². The summed E-state index contributed by atoms with van der Waals surface area (Å²) in [5, 5.41) is 4.19. The monoisotopic (exact) mass is 478 g/mol. The fraction of sp³-hybridized carbons (Fsp3) is 0.632. The normalized spacial score (nSPS) is 15.1. The third-order valence-corrected chi connectivity index (χ3v) is 4.77. The molecule has 1 heterocycles. The zero-order valence-corrected chi connectivity index (χ0v) is 18.6. The number of unbranched alkanes of at least 4 members (excludes halogenated alkanes) is 1. The molecule has 6 heteroatoms. The first-order valence-electron chi connectivity index (χ1n) is 9.16. The van der Waals surface area contributed by atoms with Crippen LogP contribution in [0.1, 0.15) is 38.2 Å².